The Hall–Kier alpha value is -1.83. The number of carbonyl (C=O) groups excluding carboxylic acids is 2. The van der Waals surface area contributed by atoms with Crippen LogP contribution in [0.15, 0.2) is 0 Å². The van der Waals surface area contributed by atoms with E-state index >= 15 is 0 Å². The van der Waals surface area contributed by atoms with Crippen molar-refractivity contribution in [3.05, 3.63) is 0 Å². The molecule has 0 atom stereocenters. The van der Waals surface area contributed by atoms with Crippen molar-refractivity contribution in [3.8, 4) is 0 Å². The van der Waals surface area contributed by atoms with Gasteiger partial charge in [-0.05, 0) is 0 Å². The first-order valence-electron chi connectivity index (χ1n) is 3.29. The highest BCUT2D eigenvalue weighted by atomic mass is 16.5. The second-order valence-corrected chi connectivity index (χ2v) is 2.16. The lowest BCUT2D eigenvalue weighted by atomic mass is 10.6. The SMILES string of the molecule is O=C(O)COC1NC(=O)NC(=O)N1. The molecule has 0 radical (unpaired) electrons. The Kier molecular flexibility index (Phi) is 2.65. The van der Waals surface area contributed by atoms with E-state index < -0.39 is 31.0 Å². The standard InChI is InChI=1S/C5H7N3O5/c9-2(10)1-13-5-7-3(11)6-4(12)8-5/h5H,1H2,(H,9,10)(H3,6,7,8,11,12). The summed E-state index contributed by atoms with van der Waals surface area (Å²) < 4.78 is 4.58. The molecule has 1 heterocycles. The first-order chi connectivity index (χ1) is 6.08. The molecular weight excluding hydrogens is 182 g/mol. The Balaban J connectivity index is 2.37. The number of carbonyl (C=O) groups is 3. The Labute approximate surface area is 72.2 Å². The largest absolute Gasteiger partial charge is 0.480 e. The van der Waals surface area contributed by atoms with Gasteiger partial charge < -0.3 is 9.84 Å². The van der Waals surface area contributed by atoms with E-state index in [9.17, 15) is 14.4 Å². The highest BCUT2D eigenvalue weighted by Crippen LogP contribution is 1.88. The minimum absolute atomic E-state index is 0.606. The van der Waals surface area contributed by atoms with E-state index in [4.69, 9.17) is 5.11 Å². The maximum atomic E-state index is 10.6. The van der Waals surface area contributed by atoms with Crippen LogP contribution in [0.5, 0.6) is 0 Å². The van der Waals surface area contributed by atoms with Gasteiger partial charge in [0.2, 0.25) is 6.35 Å². The molecule has 1 aliphatic heterocycles. The maximum absolute atomic E-state index is 10.6. The summed E-state index contributed by atoms with van der Waals surface area (Å²) in [6.45, 7) is -0.606. The predicted octanol–water partition coefficient (Wildman–Crippen LogP) is -1.61. The van der Waals surface area contributed by atoms with Gasteiger partial charge in [-0.1, -0.05) is 0 Å². The second-order valence-electron chi connectivity index (χ2n) is 2.16. The highest BCUT2D eigenvalue weighted by molar-refractivity contribution is 5.95. The van der Waals surface area contributed by atoms with Crippen LogP contribution in [0.4, 0.5) is 9.59 Å². The van der Waals surface area contributed by atoms with Crippen LogP contribution in [0.25, 0.3) is 0 Å². The van der Waals surface area contributed by atoms with E-state index in [0.29, 0.717) is 0 Å². The molecule has 4 amide bonds. The van der Waals surface area contributed by atoms with E-state index in [1.807, 2.05) is 5.32 Å². The zero-order valence-corrected chi connectivity index (χ0v) is 6.36. The molecule has 72 valence electrons. The topological polar surface area (TPSA) is 117 Å². The lowest BCUT2D eigenvalue weighted by Crippen LogP contribution is -2.62. The van der Waals surface area contributed by atoms with Crippen LogP contribution in [0.2, 0.25) is 0 Å². The molecule has 4 N–H and O–H groups in total. The molecule has 0 aromatic heterocycles. The van der Waals surface area contributed by atoms with Crippen LogP contribution in [-0.4, -0.2) is 36.1 Å². The fourth-order valence-corrected chi connectivity index (χ4v) is 0.687. The number of aliphatic carboxylic acids is 1. The Bertz CT molecular complexity index is 237. The third kappa shape index (κ3) is 2.95. The van der Waals surface area contributed by atoms with E-state index in [0.717, 1.165) is 0 Å². The van der Waals surface area contributed by atoms with Crippen LogP contribution in [0.1, 0.15) is 0 Å². The molecule has 0 saturated carbocycles. The number of hydrogen-bond acceptors (Lipinski definition) is 4. The lowest BCUT2D eigenvalue weighted by molar-refractivity contribution is -0.145. The summed E-state index contributed by atoms with van der Waals surface area (Å²) in [6, 6.07) is -1.47. The van der Waals surface area contributed by atoms with Crippen molar-refractivity contribution in [3.63, 3.8) is 0 Å². The molecule has 0 spiro atoms. The monoisotopic (exact) mass is 189 g/mol. The van der Waals surface area contributed by atoms with Crippen molar-refractivity contribution in [1.82, 2.24) is 16.0 Å². The minimum atomic E-state index is -1.19. The third-order valence-electron chi connectivity index (χ3n) is 1.12. The zero-order valence-electron chi connectivity index (χ0n) is 6.36. The number of imide groups is 1. The van der Waals surface area contributed by atoms with Gasteiger partial charge >= 0.3 is 18.0 Å². The molecule has 8 heteroatoms. The summed E-state index contributed by atoms with van der Waals surface area (Å²) in [4.78, 5) is 31.3. The first-order valence-corrected chi connectivity index (χ1v) is 3.29. The fourth-order valence-electron chi connectivity index (χ4n) is 0.687. The molecule has 1 aliphatic rings. The molecule has 0 aromatic carbocycles. The average Bonchev–Trinajstić information content (AvgIpc) is 1.99. The minimum Gasteiger partial charge on any atom is -0.480 e. The van der Waals surface area contributed by atoms with Crippen molar-refractivity contribution in [2.45, 2.75) is 6.35 Å². The van der Waals surface area contributed by atoms with Gasteiger partial charge in [0, 0.05) is 0 Å². The molecule has 8 nitrogen and oxygen atoms in total. The summed E-state index contributed by atoms with van der Waals surface area (Å²) in [5.41, 5.74) is 0. The van der Waals surface area contributed by atoms with Crippen molar-refractivity contribution < 1.29 is 24.2 Å². The van der Waals surface area contributed by atoms with Gasteiger partial charge in [-0.3, -0.25) is 16.0 Å². The Morgan fingerprint density at radius 2 is 1.92 bits per heavy atom. The Morgan fingerprint density at radius 1 is 1.38 bits per heavy atom. The summed E-state index contributed by atoms with van der Waals surface area (Å²) in [5, 5.41) is 14.3. The molecule has 13 heavy (non-hydrogen) atoms. The van der Waals surface area contributed by atoms with Gasteiger partial charge in [0.1, 0.15) is 6.61 Å². The van der Waals surface area contributed by atoms with Crippen molar-refractivity contribution in [2.24, 2.45) is 0 Å². The number of nitrogens with one attached hydrogen (secondary N) is 3. The summed E-state index contributed by atoms with van der Waals surface area (Å²) in [6.07, 6.45) is -1.10. The number of rotatable bonds is 3. The number of urea groups is 2. The van der Waals surface area contributed by atoms with Crippen LogP contribution >= 0.6 is 0 Å². The zero-order chi connectivity index (χ0) is 9.84. The normalized spacial score (nSPS) is 17.2. The van der Waals surface area contributed by atoms with Gasteiger partial charge in [-0.25, -0.2) is 14.4 Å². The molecule has 0 aromatic rings. The second kappa shape index (κ2) is 3.72. The summed E-state index contributed by atoms with van der Waals surface area (Å²) in [7, 11) is 0. The van der Waals surface area contributed by atoms with Crippen LogP contribution < -0.4 is 16.0 Å². The number of carboxylic acid groups (broad SMARTS) is 1. The van der Waals surface area contributed by atoms with Crippen molar-refractivity contribution in [1.29, 1.82) is 0 Å². The van der Waals surface area contributed by atoms with E-state index in [2.05, 4.69) is 15.4 Å². The first kappa shape index (κ1) is 9.26. The molecule has 0 bridgehead atoms. The van der Waals surface area contributed by atoms with Crippen LogP contribution in [0.3, 0.4) is 0 Å². The average molecular weight is 189 g/mol. The molecule has 1 fully saturated rings. The van der Waals surface area contributed by atoms with Crippen LogP contribution in [-0.2, 0) is 9.53 Å². The number of ether oxygens (including phenoxy) is 1. The quantitative estimate of drug-likeness (QED) is 0.426. The van der Waals surface area contributed by atoms with Crippen molar-refractivity contribution >= 4 is 18.0 Å². The molecule has 0 unspecified atom stereocenters. The van der Waals surface area contributed by atoms with Gasteiger partial charge in [0.05, 0.1) is 0 Å². The molecule has 1 saturated heterocycles. The third-order valence-corrected chi connectivity index (χ3v) is 1.12. The van der Waals surface area contributed by atoms with E-state index in [1.54, 1.807) is 0 Å². The number of carboxylic acids is 1. The molecule has 1 rings (SSSR count). The molecular formula is C5H7N3O5. The summed E-state index contributed by atoms with van der Waals surface area (Å²) in [5.74, 6) is -1.19. The number of hydrogen-bond donors (Lipinski definition) is 4. The maximum Gasteiger partial charge on any atom is 0.329 e. The predicted molar refractivity (Wildman–Crippen MR) is 37.6 cm³/mol. The van der Waals surface area contributed by atoms with Gasteiger partial charge in [0.15, 0.2) is 0 Å². The van der Waals surface area contributed by atoms with Gasteiger partial charge in [-0.15, -0.1) is 0 Å². The number of amides is 4. The van der Waals surface area contributed by atoms with E-state index in [-0.39, 0.29) is 0 Å². The Morgan fingerprint density at radius 3 is 2.38 bits per heavy atom. The van der Waals surface area contributed by atoms with Crippen molar-refractivity contribution in [2.75, 3.05) is 6.61 Å². The highest BCUT2D eigenvalue weighted by Gasteiger charge is 2.23. The summed E-state index contributed by atoms with van der Waals surface area (Å²) >= 11 is 0. The smallest absolute Gasteiger partial charge is 0.329 e. The van der Waals surface area contributed by atoms with Gasteiger partial charge in [-0.2, -0.15) is 0 Å². The lowest BCUT2D eigenvalue weighted by Gasteiger charge is -2.23. The van der Waals surface area contributed by atoms with E-state index in [1.165, 1.54) is 0 Å². The van der Waals surface area contributed by atoms with Gasteiger partial charge in [0.25, 0.3) is 0 Å². The molecule has 0 aliphatic carbocycles. The van der Waals surface area contributed by atoms with Crippen LogP contribution in [0, 0.1) is 0 Å². The fraction of sp³-hybridized carbons (Fsp3) is 0.400.